The van der Waals surface area contributed by atoms with Gasteiger partial charge in [0.2, 0.25) is 0 Å². The van der Waals surface area contributed by atoms with Gasteiger partial charge >= 0.3 is 0 Å². The van der Waals surface area contributed by atoms with Crippen LogP contribution in [0, 0.1) is 13.8 Å². The first kappa shape index (κ1) is 24.2. The third kappa shape index (κ3) is 5.28. The lowest BCUT2D eigenvalue weighted by molar-refractivity contribution is 0.0943. The minimum atomic E-state index is -3.85. The van der Waals surface area contributed by atoms with Gasteiger partial charge in [0.15, 0.2) is 0 Å². The summed E-state index contributed by atoms with van der Waals surface area (Å²) in [5, 5.41) is 3.12. The number of carbonyl (C=O) groups excluding carboxylic acids is 1. The first-order chi connectivity index (χ1) is 16.8. The van der Waals surface area contributed by atoms with E-state index in [2.05, 4.69) is 5.32 Å². The fraction of sp³-hybridized carbons (Fsp3) is 0.138. The minimum Gasteiger partial charge on any atom is -0.341 e. The molecule has 0 fully saturated rings. The molecule has 4 rings (SSSR count). The monoisotopic (exact) mass is 484 g/mol. The van der Waals surface area contributed by atoms with Crippen LogP contribution >= 0.6 is 0 Å². The van der Waals surface area contributed by atoms with Crippen molar-refractivity contribution in [2.45, 2.75) is 24.8 Å². The molecule has 178 valence electrons. The number of nitrogens with one attached hydrogen (secondary N) is 1. The summed E-state index contributed by atoms with van der Waals surface area (Å²) in [5.41, 5.74) is 4.55. The second kappa shape index (κ2) is 10.2. The van der Waals surface area contributed by atoms with Gasteiger partial charge in [-0.3, -0.25) is 9.10 Å². The number of benzene rings is 4. The zero-order valence-corrected chi connectivity index (χ0v) is 20.8. The summed E-state index contributed by atoms with van der Waals surface area (Å²) < 4.78 is 27.8. The average molecular weight is 485 g/mol. The first-order valence-corrected chi connectivity index (χ1v) is 12.8. The molecule has 5 nitrogen and oxygen atoms in total. The minimum absolute atomic E-state index is 0.169. The van der Waals surface area contributed by atoms with E-state index in [9.17, 15) is 13.2 Å². The van der Waals surface area contributed by atoms with Crippen LogP contribution in [-0.4, -0.2) is 21.4 Å². The summed E-state index contributed by atoms with van der Waals surface area (Å²) in [5.74, 6) is -0.360. The highest BCUT2D eigenvalue weighted by molar-refractivity contribution is 7.92. The predicted molar refractivity (Wildman–Crippen MR) is 140 cm³/mol. The summed E-state index contributed by atoms with van der Waals surface area (Å²) in [6.07, 6.45) is 0. The quantitative estimate of drug-likeness (QED) is 0.369. The molecule has 4 aromatic rings. The number of rotatable bonds is 7. The second-order valence-electron chi connectivity index (χ2n) is 8.53. The Morgan fingerprint density at radius 2 is 1.23 bits per heavy atom. The molecule has 0 aliphatic heterocycles. The molecule has 0 unspecified atom stereocenters. The maximum atomic E-state index is 13.6. The van der Waals surface area contributed by atoms with Gasteiger partial charge in [-0.15, -0.1) is 0 Å². The van der Waals surface area contributed by atoms with E-state index in [1.807, 2.05) is 68.4 Å². The second-order valence-corrected chi connectivity index (χ2v) is 10.5. The van der Waals surface area contributed by atoms with Crippen molar-refractivity contribution in [1.82, 2.24) is 5.32 Å². The number of nitrogens with zero attached hydrogens (tertiary/aromatic N) is 1. The molecule has 1 atom stereocenters. The molecule has 0 saturated heterocycles. The number of para-hydroxylation sites is 1. The molecule has 0 aliphatic rings. The number of hydrogen-bond donors (Lipinski definition) is 1. The van der Waals surface area contributed by atoms with Crippen LogP contribution in [0.1, 0.15) is 38.7 Å². The van der Waals surface area contributed by atoms with Crippen molar-refractivity contribution in [3.8, 4) is 0 Å². The fourth-order valence-electron chi connectivity index (χ4n) is 3.91. The van der Waals surface area contributed by atoms with Gasteiger partial charge in [0.1, 0.15) is 0 Å². The van der Waals surface area contributed by atoms with Gasteiger partial charge in [-0.05, 0) is 49.2 Å². The molecule has 6 heteroatoms. The van der Waals surface area contributed by atoms with E-state index in [1.165, 1.54) is 7.05 Å². The lowest BCUT2D eigenvalue weighted by atomic mass is 9.97. The molecule has 1 amide bonds. The zero-order valence-electron chi connectivity index (χ0n) is 20.0. The Balaban J connectivity index is 1.69. The van der Waals surface area contributed by atoms with Gasteiger partial charge in [0.25, 0.3) is 15.9 Å². The number of sulfonamides is 1. The van der Waals surface area contributed by atoms with Gasteiger partial charge in [0.05, 0.1) is 22.2 Å². The van der Waals surface area contributed by atoms with Crippen molar-refractivity contribution in [3.63, 3.8) is 0 Å². The van der Waals surface area contributed by atoms with E-state index in [4.69, 9.17) is 0 Å². The highest BCUT2D eigenvalue weighted by Crippen LogP contribution is 2.28. The Morgan fingerprint density at radius 1 is 0.714 bits per heavy atom. The Kier molecular flexibility index (Phi) is 7.03. The van der Waals surface area contributed by atoms with E-state index >= 15 is 0 Å². The van der Waals surface area contributed by atoms with Crippen molar-refractivity contribution < 1.29 is 13.2 Å². The molecule has 0 aromatic heterocycles. The lowest BCUT2D eigenvalue weighted by Crippen LogP contribution is -2.33. The number of anilines is 1. The van der Waals surface area contributed by atoms with Gasteiger partial charge in [0, 0.05) is 7.05 Å². The molecule has 4 aromatic carbocycles. The largest absolute Gasteiger partial charge is 0.341 e. The number of carbonyl (C=O) groups is 1. The molecule has 35 heavy (non-hydrogen) atoms. The van der Waals surface area contributed by atoms with Crippen molar-refractivity contribution in [2.24, 2.45) is 0 Å². The SMILES string of the molecule is Cc1ccc([C@H](NC(=O)c2ccccc2N(C)S(=O)(=O)c2ccc(C)cc2)c2ccccc2)cc1. The highest BCUT2D eigenvalue weighted by Gasteiger charge is 2.26. The molecule has 1 N–H and O–H groups in total. The van der Waals surface area contributed by atoms with Crippen molar-refractivity contribution in [2.75, 3.05) is 11.4 Å². The Morgan fingerprint density at radius 3 is 1.86 bits per heavy atom. The highest BCUT2D eigenvalue weighted by atomic mass is 32.2. The molecule has 0 spiro atoms. The summed E-state index contributed by atoms with van der Waals surface area (Å²) in [7, 11) is -2.38. The predicted octanol–water partition coefficient (Wildman–Crippen LogP) is 5.65. The van der Waals surface area contributed by atoms with Crippen molar-refractivity contribution in [1.29, 1.82) is 0 Å². The molecular weight excluding hydrogens is 456 g/mol. The fourth-order valence-corrected chi connectivity index (χ4v) is 5.12. The van der Waals surface area contributed by atoms with Crippen LogP contribution in [0.15, 0.2) is 108 Å². The van der Waals surface area contributed by atoms with E-state index in [-0.39, 0.29) is 16.4 Å². The molecule has 0 bridgehead atoms. The molecule has 0 aliphatic carbocycles. The smallest absolute Gasteiger partial charge is 0.264 e. The third-order valence-electron chi connectivity index (χ3n) is 5.99. The van der Waals surface area contributed by atoms with Gasteiger partial charge in [-0.1, -0.05) is 90.0 Å². The van der Waals surface area contributed by atoms with E-state index in [1.54, 1.807) is 48.5 Å². The topological polar surface area (TPSA) is 66.5 Å². The van der Waals surface area contributed by atoms with Gasteiger partial charge in [-0.25, -0.2) is 8.42 Å². The summed E-state index contributed by atoms with van der Waals surface area (Å²) >= 11 is 0. The Hall–Kier alpha value is -3.90. The zero-order chi connectivity index (χ0) is 25.0. The van der Waals surface area contributed by atoms with E-state index < -0.39 is 16.1 Å². The van der Waals surface area contributed by atoms with Crippen LogP contribution in [0.5, 0.6) is 0 Å². The maximum Gasteiger partial charge on any atom is 0.264 e. The molecular formula is C29H28N2O3S. The van der Waals surface area contributed by atoms with Crippen LogP contribution in [0.25, 0.3) is 0 Å². The van der Waals surface area contributed by atoms with Gasteiger partial charge in [-0.2, -0.15) is 0 Å². The van der Waals surface area contributed by atoms with E-state index in [0.29, 0.717) is 5.69 Å². The standard InChI is InChI=1S/C29H28N2O3S/c1-21-13-17-24(18-14-21)28(23-9-5-4-6-10-23)30-29(32)26-11-7-8-12-27(26)31(3)35(33,34)25-19-15-22(2)16-20-25/h4-20,28H,1-3H3,(H,30,32)/t28-/m1/s1. The van der Waals surface area contributed by atoms with Crippen molar-refractivity contribution >= 4 is 21.6 Å². The Labute approximate surface area is 207 Å². The lowest BCUT2D eigenvalue weighted by Gasteiger charge is -2.24. The molecule has 0 saturated carbocycles. The third-order valence-corrected chi connectivity index (χ3v) is 7.77. The molecule has 0 radical (unpaired) electrons. The van der Waals surface area contributed by atoms with Crippen molar-refractivity contribution in [3.05, 3.63) is 131 Å². The van der Waals surface area contributed by atoms with Gasteiger partial charge < -0.3 is 5.32 Å². The maximum absolute atomic E-state index is 13.6. The normalized spacial score (nSPS) is 12.1. The van der Waals surface area contributed by atoms with Crippen LogP contribution < -0.4 is 9.62 Å². The number of aryl methyl sites for hydroxylation is 2. The molecule has 0 heterocycles. The summed E-state index contributed by atoms with van der Waals surface area (Å²) in [4.78, 5) is 13.7. The first-order valence-electron chi connectivity index (χ1n) is 11.3. The summed E-state index contributed by atoms with van der Waals surface area (Å²) in [6, 6.07) is 30.7. The average Bonchev–Trinajstić information content (AvgIpc) is 2.88. The van der Waals surface area contributed by atoms with Crippen LogP contribution in [0.2, 0.25) is 0 Å². The van der Waals surface area contributed by atoms with Crippen LogP contribution in [0.3, 0.4) is 0 Å². The number of amides is 1. The van der Waals surface area contributed by atoms with Crippen LogP contribution in [0.4, 0.5) is 5.69 Å². The number of hydrogen-bond acceptors (Lipinski definition) is 3. The van der Waals surface area contributed by atoms with Crippen LogP contribution in [-0.2, 0) is 10.0 Å². The Bertz CT molecular complexity index is 1420. The van der Waals surface area contributed by atoms with E-state index in [0.717, 1.165) is 26.6 Å². The summed E-state index contributed by atoms with van der Waals surface area (Å²) in [6.45, 7) is 3.91.